The molecule has 0 unspecified atom stereocenters. The van der Waals surface area contributed by atoms with Crippen LogP contribution in [0.2, 0.25) is 10.0 Å². The van der Waals surface area contributed by atoms with Crippen molar-refractivity contribution in [1.29, 1.82) is 0 Å². The highest BCUT2D eigenvalue weighted by Crippen LogP contribution is 2.35. The van der Waals surface area contributed by atoms with Gasteiger partial charge in [-0.25, -0.2) is 13.4 Å². The van der Waals surface area contributed by atoms with Crippen LogP contribution in [0.15, 0.2) is 72.8 Å². The van der Waals surface area contributed by atoms with E-state index in [0.717, 1.165) is 22.9 Å². The second kappa shape index (κ2) is 14.6. The van der Waals surface area contributed by atoms with E-state index in [9.17, 15) is 18.0 Å². The number of sulfonamides is 1. The van der Waals surface area contributed by atoms with E-state index in [-0.39, 0.29) is 30.6 Å². The van der Waals surface area contributed by atoms with Gasteiger partial charge in [0.25, 0.3) is 0 Å². The molecule has 0 aliphatic carbocycles. The molecule has 3 aromatic carbocycles. The summed E-state index contributed by atoms with van der Waals surface area (Å²) >= 11 is 13.1. The molecule has 0 aliphatic heterocycles. The van der Waals surface area contributed by atoms with E-state index in [2.05, 4.69) is 15.0 Å². The fraction of sp³-hybridized carbons (Fsp3) is 0.167. The minimum absolute atomic E-state index is 0. The lowest BCUT2D eigenvalue weighted by molar-refractivity contribution is -0.122. The summed E-state index contributed by atoms with van der Waals surface area (Å²) < 4.78 is 31.1. The Hall–Kier alpha value is -3.83. The van der Waals surface area contributed by atoms with Gasteiger partial charge in [-0.1, -0.05) is 53.5 Å². The molecule has 43 heavy (non-hydrogen) atoms. The van der Waals surface area contributed by atoms with Gasteiger partial charge in [-0.15, -0.1) is 12.4 Å². The fourth-order valence-electron chi connectivity index (χ4n) is 3.98. The van der Waals surface area contributed by atoms with E-state index in [4.69, 9.17) is 27.9 Å². The summed E-state index contributed by atoms with van der Waals surface area (Å²) in [6.07, 6.45) is 3.88. The van der Waals surface area contributed by atoms with Crippen LogP contribution in [-0.2, 0) is 26.2 Å². The highest BCUT2D eigenvalue weighted by molar-refractivity contribution is 7.92. The molecule has 1 heterocycles. The second-order valence-electron chi connectivity index (χ2n) is 9.43. The van der Waals surface area contributed by atoms with Crippen LogP contribution in [0.1, 0.15) is 16.8 Å². The highest BCUT2D eigenvalue weighted by atomic mass is 35.5. The van der Waals surface area contributed by atoms with E-state index in [1.165, 1.54) is 11.0 Å². The minimum Gasteiger partial charge on any atom is -0.487 e. The van der Waals surface area contributed by atoms with Gasteiger partial charge in [0, 0.05) is 40.5 Å². The molecule has 2 amide bonds. The Bertz CT molecular complexity index is 1780. The van der Waals surface area contributed by atoms with Crippen LogP contribution in [0.25, 0.3) is 17.0 Å². The zero-order valence-corrected chi connectivity index (χ0v) is 26.6. The molecule has 0 radical (unpaired) electrons. The van der Waals surface area contributed by atoms with Gasteiger partial charge < -0.3 is 15.0 Å². The van der Waals surface area contributed by atoms with Crippen LogP contribution in [-0.4, -0.2) is 45.1 Å². The Morgan fingerprint density at radius 2 is 1.74 bits per heavy atom. The summed E-state index contributed by atoms with van der Waals surface area (Å²) in [5, 5.41) is 4.12. The molecular formula is C30H29Cl3N4O5S. The summed E-state index contributed by atoms with van der Waals surface area (Å²) in [4.78, 5) is 31.1. The number of ether oxygens (including phenoxy) is 1. The highest BCUT2D eigenvalue weighted by Gasteiger charge is 2.19. The van der Waals surface area contributed by atoms with Crippen molar-refractivity contribution in [2.75, 3.05) is 29.5 Å². The number of rotatable bonds is 10. The molecule has 4 rings (SSSR count). The maximum Gasteiger partial charge on any atom is 0.246 e. The number of carbonyl (C=O) groups is 2. The van der Waals surface area contributed by atoms with Crippen molar-refractivity contribution in [3.63, 3.8) is 0 Å². The third kappa shape index (κ3) is 9.08. The first kappa shape index (κ1) is 33.7. The normalized spacial score (nSPS) is 11.2. The second-order valence-corrected chi connectivity index (χ2v) is 12.0. The number of fused-ring (bicyclic) bond motifs is 1. The Morgan fingerprint density at radius 1 is 1.02 bits per heavy atom. The van der Waals surface area contributed by atoms with Crippen LogP contribution < -0.4 is 19.7 Å². The first-order valence-electron chi connectivity index (χ1n) is 12.7. The molecule has 9 nitrogen and oxygen atoms in total. The smallest absolute Gasteiger partial charge is 0.246 e. The molecule has 226 valence electrons. The van der Waals surface area contributed by atoms with Crippen molar-refractivity contribution >= 4 is 85.8 Å². The number of amides is 2. The number of para-hydroxylation sites is 1. The van der Waals surface area contributed by atoms with Crippen molar-refractivity contribution in [3.05, 3.63) is 99.7 Å². The predicted octanol–water partition coefficient (Wildman–Crippen LogP) is 6.01. The molecule has 0 atom stereocenters. The van der Waals surface area contributed by atoms with Gasteiger partial charge >= 0.3 is 0 Å². The van der Waals surface area contributed by atoms with E-state index in [1.54, 1.807) is 49.5 Å². The molecular weight excluding hydrogens is 635 g/mol. The summed E-state index contributed by atoms with van der Waals surface area (Å²) in [5.74, 6) is -0.307. The first-order chi connectivity index (χ1) is 19.9. The number of aryl methyl sites for hydroxylation is 1. The molecule has 13 heteroatoms. The maximum absolute atomic E-state index is 12.9. The minimum atomic E-state index is -3.38. The molecule has 0 spiro atoms. The van der Waals surface area contributed by atoms with E-state index >= 15 is 0 Å². The fourth-order valence-corrected chi connectivity index (χ4v) is 5.15. The lowest BCUT2D eigenvalue weighted by Crippen LogP contribution is -2.37. The van der Waals surface area contributed by atoms with Crippen molar-refractivity contribution in [3.8, 4) is 5.75 Å². The predicted molar refractivity (Wildman–Crippen MR) is 175 cm³/mol. The van der Waals surface area contributed by atoms with Gasteiger partial charge in [-0.05, 0) is 55.0 Å². The van der Waals surface area contributed by atoms with Gasteiger partial charge in [0.15, 0.2) is 0 Å². The number of hydrogen-bond acceptors (Lipinski definition) is 6. The number of carbonyl (C=O) groups excluding carboxylic acids is 2. The van der Waals surface area contributed by atoms with Crippen molar-refractivity contribution in [2.24, 2.45) is 0 Å². The maximum atomic E-state index is 12.9. The SMILES string of the molecule is Cc1ccc2cccc(OCc3c(Cl)ccc(N(C)C(=O)CNC(=O)/C=C/c4ccc(NS(C)(=O)=O)cc4)c3Cl)c2n1.Cl. The van der Waals surface area contributed by atoms with Gasteiger partial charge in [-0.2, -0.15) is 0 Å². The molecule has 0 bridgehead atoms. The number of benzene rings is 3. The summed E-state index contributed by atoms with van der Waals surface area (Å²) in [7, 11) is -1.83. The Kier molecular flexibility index (Phi) is 11.4. The Labute approximate surface area is 266 Å². The van der Waals surface area contributed by atoms with E-state index < -0.39 is 21.8 Å². The van der Waals surface area contributed by atoms with Gasteiger partial charge in [0.2, 0.25) is 21.8 Å². The number of halogens is 3. The Balaban J connectivity index is 0.00000506. The number of nitrogens with one attached hydrogen (secondary N) is 2. The third-order valence-electron chi connectivity index (χ3n) is 6.15. The topological polar surface area (TPSA) is 118 Å². The van der Waals surface area contributed by atoms with E-state index in [1.807, 2.05) is 37.3 Å². The molecule has 0 aliphatic rings. The third-order valence-corrected chi connectivity index (χ3v) is 7.53. The number of nitrogens with zero attached hydrogens (tertiary/aromatic N) is 2. The molecule has 4 aromatic rings. The van der Waals surface area contributed by atoms with Crippen LogP contribution in [0, 0.1) is 6.92 Å². The number of anilines is 2. The standard InChI is InChI=1S/C30H28Cl2N4O5S.ClH/c1-19-7-11-21-5-4-6-26(30(21)34-19)41-18-23-24(31)14-15-25(29(23)32)36(2)28(38)17-33-27(37)16-10-20-8-12-22(13-9-20)35-42(3,39)40;/h4-16,35H,17-18H2,1-3H3,(H,33,37);1H/b16-10+;. The van der Waals surface area contributed by atoms with Crippen molar-refractivity contribution in [1.82, 2.24) is 10.3 Å². The van der Waals surface area contributed by atoms with Gasteiger partial charge in [-0.3, -0.25) is 14.3 Å². The van der Waals surface area contributed by atoms with Gasteiger partial charge in [0.05, 0.1) is 23.5 Å². The van der Waals surface area contributed by atoms with E-state index in [0.29, 0.717) is 33.3 Å². The largest absolute Gasteiger partial charge is 0.487 e. The number of aromatic nitrogens is 1. The summed E-state index contributed by atoms with van der Waals surface area (Å²) in [6.45, 7) is 1.68. The van der Waals surface area contributed by atoms with Crippen LogP contribution in [0.3, 0.4) is 0 Å². The summed E-state index contributed by atoms with van der Waals surface area (Å²) in [6, 6.07) is 19.2. The lowest BCUT2D eigenvalue weighted by Gasteiger charge is -2.21. The van der Waals surface area contributed by atoms with Crippen molar-refractivity contribution in [2.45, 2.75) is 13.5 Å². The molecule has 0 fully saturated rings. The monoisotopic (exact) mass is 662 g/mol. The number of pyridine rings is 1. The molecule has 0 saturated carbocycles. The number of hydrogen-bond donors (Lipinski definition) is 2. The van der Waals surface area contributed by atoms with Crippen LogP contribution >= 0.6 is 35.6 Å². The van der Waals surface area contributed by atoms with Gasteiger partial charge in [0.1, 0.15) is 17.9 Å². The van der Waals surface area contributed by atoms with Crippen LogP contribution in [0.5, 0.6) is 5.75 Å². The van der Waals surface area contributed by atoms with Crippen LogP contribution in [0.4, 0.5) is 11.4 Å². The first-order valence-corrected chi connectivity index (χ1v) is 15.3. The molecule has 1 aromatic heterocycles. The summed E-state index contributed by atoms with van der Waals surface area (Å²) in [5.41, 5.74) is 3.57. The Morgan fingerprint density at radius 3 is 2.44 bits per heavy atom. The van der Waals surface area contributed by atoms with Crippen molar-refractivity contribution < 1.29 is 22.7 Å². The molecule has 0 saturated heterocycles. The molecule has 2 N–H and O–H groups in total. The zero-order chi connectivity index (χ0) is 30.4. The average Bonchev–Trinajstić information content (AvgIpc) is 2.94. The zero-order valence-electron chi connectivity index (χ0n) is 23.4. The number of likely N-dealkylation sites (N-methyl/N-ethyl adjacent to an activating group) is 1. The quantitative estimate of drug-likeness (QED) is 0.201. The lowest BCUT2D eigenvalue weighted by atomic mass is 10.1. The average molecular weight is 664 g/mol.